The molecule has 1 amide bonds. The zero-order valence-electron chi connectivity index (χ0n) is 17.4. The minimum absolute atomic E-state index is 0.158. The van der Waals surface area contributed by atoms with Crippen molar-refractivity contribution in [2.24, 2.45) is 0 Å². The fraction of sp³-hybridized carbons (Fsp3) is 0.130. The fourth-order valence-corrected chi connectivity index (χ4v) is 4.08. The first-order valence-electron chi connectivity index (χ1n) is 9.93. The number of amides is 1. The van der Waals surface area contributed by atoms with E-state index in [1.165, 1.54) is 17.6 Å². The molecule has 0 atom stereocenters. The highest BCUT2D eigenvalue weighted by molar-refractivity contribution is 7.19. The lowest BCUT2D eigenvalue weighted by Crippen LogP contribution is -2.13. The van der Waals surface area contributed by atoms with E-state index in [0.717, 1.165) is 26.9 Å². The number of aromatic nitrogens is 4. The monoisotopic (exact) mass is 445 g/mol. The molecule has 5 rings (SSSR count). The smallest absolute Gasteiger partial charge is 0.259 e. The Morgan fingerprint density at radius 3 is 2.78 bits per heavy atom. The van der Waals surface area contributed by atoms with Gasteiger partial charge in [-0.15, -0.1) is 10.2 Å². The summed E-state index contributed by atoms with van der Waals surface area (Å²) in [6, 6.07) is 16.9. The highest BCUT2D eigenvalue weighted by Crippen LogP contribution is 2.28. The first-order valence-corrected chi connectivity index (χ1v) is 10.7. The van der Waals surface area contributed by atoms with Gasteiger partial charge in [0.1, 0.15) is 17.4 Å². The Bertz CT molecular complexity index is 1400. The predicted molar refractivity (Wildman–Crippen MR) is 121 cm³/mol. The highest BCUT2D eigenvalue weighted by Gasteiger charge is 2.17. The summed E-state index contributed by atoms with van der Waals surface area (Å²) in [6.07, 6.45) is 1.49. The molecule has 160 valence electrons. The summed E-state index contributed by atoms with van der Waals surface area (Å²) in [7, 11) is 0. The van der Waals surface area contributed by atoms with Gasteiger partial charge >= 0.3 is 0 Å². The molecule has 0 aliphatic rings. The topological polar surface area (TPSA) is 94.5 Å². The molecule has 32 heavy (non-hydrogen) atoms. The highest BCUT2D eigenvalue weighted by atomic mass is 32.1. The Morgan fingerprint density at radius 2 is 1.97 bits per heavy atom. The molecule has 2 aromatic carbocycles. The molecule has 0 saturated carbocycles. The van der Waals surface area contributed by atoms with Gasteiger partial charge in [0.25, 0.3) is 5.91 Å². The van der Waals surface area contributed by atoms with Gasteiger partial charge in [-0.3, -0.25) is 4.79 Å². The molecule has 0 aliphatic heterocycles. The number of nitrogens with one attached hydrogen (secondary N) is 1. The van der Waals surface area contributed by atoms with Crippen LogP contribution in [-0.4, -0.2) is 25.7 Å². The van der Waals surface area contributed by atoms with Crippen molar-refractivity contribution in [1.29, 1.82) is 0 Å². The fourth-order valence-electron chi connectivity index (χ4n) is 3.20. The van der Waals surface area contributed by atoms with Crippen LogP contribution >= 0.6 is 11.3 Å². The number of ether oxygens (including phenoxy) is 1. The van der Waals surface area contributed by atoms with Crippen LogP contribution < -0.4 is 10.1 Å². The van der Waals surface area contributed by atoms with Crippen LogP contribution in [0.4, 0.5) is 5.69 Å². The summed E-state index contributed by atoms with van der Waals surface area (Å²) in [5.74, 6) is 1.63. The first kappa shape index (κ1) is 20.0. The number of carbonyl (C=O) groups excluding carboxylic acids is 1. The number of nitrogens with zero attached hydrogens (tertiary/aromatic N) is 4. The van der Waals surface area contributed by atoms with Gasteiger partial charge in [-0.25, -0.2) is 0 Å². The van der Waals surface area contributed by atoms with Crippen molar-refractivity contribution >= 4 is 27.9 Å². The molecule has 3 heterocycles. The third-order valence-electron chi connectivity index (χ3n) is 4.90. The molecular weight excluding hydrogens is 426 g/mol. The SMILES string of the molecule is Cc1ccc(OCc2occc2C(=O)Nc2cccc(-c3nn4c(C)nnc4s3)c2)cc1. The Kier molecular flexibility index (Phi) is 5.16. The van der Waals surface area contributed by atoms with Crippen LogP contribution in [0.3, 0.4) is 0 Å². The first-order chi connectivity index (χ1) is 15.6. The average Bonchev–Trinajstić information content (AvgIpc) is 3.51. The molecule has 0 saturated heterocycles. The van der Waals surface area contributed by atoms with Crippen molar-refractivity contribution in [3.63, 3.8) is 0 Å². The zero-order valence-corrected chi connectivity index (χ0v) is 18.2. The summed E-state index contributed by atoms with van der Waals surface area (Å²) in [5.41, 5.74) is 3.11. The van der Waals surface area contributed by atoms with Crippen molar-refractivity contribution < 1.29 is 13.9 Å². The molecule has 0 spiro atoms. The minimum Gasteiger partial charge on any atom is -0.486 e. The molecule has 8 nitrogen and oxygen atoms in total. The van der Waals surface area contributed by atoms with Crippen LogP contribution in [-0.2, 0) is 6.61 Å². The van der Waals surface area contributed by atoms with Gasteiger partial charge in [0.2, 0.25) is 4.96 Å². The third-order valence-corrected chi connectivity index (χ3v) is 5.84. The lowest BCUT2D eigenvalue weighted by molar-refractivity contribution is 0.102. The number of benzene rings is 2. The lowest BCUT2D eigenvalue weighted by Gasteiger charge is -2.08. The summed E-state index contributed by atoms with van der Waals surface area (Å²) < 4.78 is 13.0. The van der Waals surface area contributed by atoms with Crippen molar-refractivity contribution in [1.82, 2.24) is 19.8 Å². The standard InChI is InChI=1S/C23H19N5O3S/c1-14-6-8-18(9-7-14)31-13-20-19(10-11-30-20)21(29)24-17-5-3-4-16(12-17)22-27-28-15(2)25-26-23(28)32-22/h3-12H,13H2,1-2H3,(H,24,29). The van der Waals surface area contributed by atoms with Crippen LogP contribution in [0, 0.1) is 13.8 Å². The predicted octanol–water partition coefficient (Wildman–Crippen LogP) is 4.89. The average molecular weight is 446 g/mol. The summed E-state index contributed by atoms with van der Waals surface area (Å²) in [4.78, 5) is 13.6. The van der Waals surface area contributed by atoms with E-state index in [1.54, 1.807) is 10.6 Å². The number of hydrogen-bond donors (Lipinski definition) is 1. The number of rotatable bonds is 6. The van der Waals surface area contributed by atoms with Gasteiger partial charge < -0.3 is 14.5 Å². The number of hydrogen-bond acceptors (Lipinski definition) is 7. The molecule has 5 aromatic rings. The minimum atomic E-state index is -0.271. The van der Waals surface area contributed by atoms with Crippen molar-refractivity contribution in [2.45, 2.75) is 20.5 Å². The summed E-state index contributed by atoms with van der Waals surface area (Å²) in [5, 5.41) is 16.4. The number of aryl methyl sites for hydroxylation is 2. The molecule has 3 aromatic heterocycles. The van der Waals surface area contributed by atoms with Crippen LogP contribution in [0.5, 0.6) is 5.75 Å². The van der Waals surface area contributed by atoms with Gasteiger partial charge in [0.15, 0.2) is 11.6 Å². The number of anilines is 1. The second-order valence-electron chi connectivity index (χ2n) is 7.24. The van der Waals surface area contributed by atoms with E-state index in [0.29, 0.717) is 22.8 Å². The van der Waals surface area contributed by atoms with Crippen molar-refractivity contribution in [3.05, 3.63) is 83.6 Å². The Morgan fingerprint density at radius 1 is 1.12 bits per heavy atom. The van der Waals surface area contributed by atoms with Crippen LogP contribution in [0.2, 0.25) is 0 Å². The van der Waals surface area contributed by atoms with Gasteiger partial charge in [-0.2, -0.15) is 9.61 Å². The maximum absolute atomic E-state index is 12.9. The van der Waals surface area contributed by atoms with Crippen LogP contribution in [0.15, 0.2) is 65.3 Å². The van der Waals surface area contributed by atoms with Gasteiger partial charge in [-0.1, -0.05) is 41.2 Å². The largest absolute Gasteiger partial charge is 0.486 e. The molecule has 0 unspecified atom stereocenters. The second-order valence-corrected chi connectivity index (χ2v) is 8.20. The van der Waals surface area contributed by atoms with E-state index in [4.69, 9.17) is 9.15 Å². The summed E-state index contributed by atoms with van der Waals surface area (Å²) >= 11 is 1.44. The van der Waals surface area contributed by atoms with Gasteiger partial charge in [-0.05, 0) is 44.2 Å². The van der Waals surface area contributed by atoms with Crippen LogP contribution in [0.25, 0.3) is 15.5 Å². The van der Waals surface area contributed by atoms with E-state index in [1.807, 2.05) is 62.4 Å². The normalized spacial score (nSPS) is 11.1. The van der Waals surface area contributed by atoms with Gasteiger partial charge in [0, 0.05) is 11.3 Å². The Balaban J connectivity index is 1.31. The van der Waals surface area contributed by atoms with Crippen molar-refractivity contribution in [3.8, 4) is 16.3 Å². The maximum atomic E-state index is 12.9. The Hall–Kier alpha value is -3.98. The maximum Gasteiger partial charge on any atom is 0.259 e. The zero-order chi connectivity index (χ0) is 22.1. The lowest BCUT2D eigenvalue weighted by atomic mass is 10.2. The molecule has 0 radical (unpaired) electrons. The third kappa shape index (κ3) is 3.97. The molecule has 0 fully saturated rings. The van der Waals surface area contributed by atoms with E-state index in [9.17, 15) is 4.79 Å². The number of fused-ring (bicyclic) bond motifs is 1. The van der Waals surface area contributed by atoms with E-state index < -0.39 is 0 Å². The molecule has 1 N–H and O–H groups in total. The van der Waals surface area contributed by atoms with E-state index in [2.05, 4.69) is 20.6 Å². The number of carbonyl (C=O) groups is 1. The quantitative estimate of drug-likeness (QED) is 0.400. The van der Waals surface area contributed by atoms with E-state index in [-0.39, 0.29) is 12.5 Å². The Labute approximate surface area is 187 Å². The molecule has 0 bridgehead atoms. The van der Waals surface area contributed by atoms with Gasteiger partial charge in [0.05, 0.1) is 11.8 Å². The second kappa shape index (κ2) is 8.27. The molecule has 9 heteroatoms. The molecule has 0 aliphatic carbocycles. The van der Waals surface area contributed by atoms with Crippen LogP contribution in [0.1, 0.15) is 27.5 Å². The number of furan rings is 1. The summed E-state index contributed by atoms with van der Waals surface area (Å²) in [6.45, 7) is 4.02. The molecular formula is C23H19N5O3S. The van der Waals surface area contributed by atoms with Crippen molar-refractivity contribution in [2.75, 3.05) is 5.32 Å². The van der Waals surface area contributed by atoms with E-state index >= 15 is 0 Å².